The molecule has 3 heteroatoms. The van der Waals surface area contributed by atoms with Crippen molar-refractivity contribution in [2.45, 2.75) is 41.0 Å². The van der Waals surface area contributed by atoms with Crippen molar-refractivity contribution in [2.24, 2.45) is 9.98 Å². The molecule has 0 aliphatic heterocycles. The third-order valence-electron chi connectivity index (χ3n) is 8.58. The van der Waals surface area contributed by atoms with Gasteiger partial charge in [0.25, 0.3) is 0 Å². The van der Waals surface area contributed by atoms with Crippen molar-refractivity contribution >= 4 is 55.2 Å². The molecular formula is C41H39N3. The van der Waals surface area contributed by atoms with E-state index in [-0.39, 0.29) is 0 Å². The molecule has 0 fully saturated rings. The second-order valence-electron chi connectivity index (χ2n) is 11.4. The number of benzene rings is 3. The molecule has 2 aromatic heterocycles. The van der Waals surface area contributed by atoms with Crippen LogP contribution in [0.15, 0.2) is 148 Å². The van der Waals surface area contributed by atoms with Crippen molar-refractivity contribution in [2.75, 3.05) is 6.54 Å². The van der Waals surface area contributed by atoms with Gasteiger partial charge < -0.3 is 4.40 Å². The van der Waals surface area contributed by atoms with Gasteiger partial charge in [-0.3, -0.25) is 4.99 Å². The van der Waals surface area contributed by atoms with Crippen molar-refractivity contribution in [1.82, 2.24) is 4.40 Å². The van der Waals surface area contributed by atoms with E-state index in [0.29, 0.717) is 6.54 Å². The van der Waals surface area contributed by atoms with Crippen LogP contribution in [0.3, 0.4) is 0 Å². The van der Waals surface area contributed by atoms with Crippen molar-refractivity contribution in [3.8, 4) is 0 Å². The predicted octanol–water partition coefficient (Wildman–Crippen LogP) is 11.0. The van der Waals surface area contributed by atoms with Crippen LogP contribution in [0, 0.1) is 0 Å². The Balaban J connectivity index is 1.50. The van der Waals surface area contributed by atoms with Crippen molar-refractivity contribution < 1.29 is 0 Å². The number of aliphatic imine (C=N–C) groups is 2. The van der Waals surface area contributed by atoms with Crippen LogP contribution in [0.4, 0.5) is 0 Å². The second-order valence-corrected chi connectivity index (χ2v) is 11.4. The molecule has 0 saturated carbocycles. The lowest BCUT2D eigenvalue weighted by atomic mass is 9.96. The summed E-state index contributed by atoms with van der Waals surface area (Å²) >= 11 is 0. The summed E-state index contributed by atoms with van der Waals surface area (Å²) in [4.78, 5) is 10.2. The van der Waals surface area contributed by atoms with Crippen LogP contribution in [-0.4, -0.2) is 22.5 Å². The second kappa shape index (κ2) is 12.7. The minimum atomic E-state index is 0.593. The van der Waals surface area contributed by atoms with E-state index in [0.717, 1.165) is 23.5 Å². The number of rotatable bonds is 7. The number of nitrogens with zero attached hydrogens (tertiary/aromatic N) is 3. The highest BCUT2D eigenvalue weighted by atomic mass is 14.9. The van der Waals surface area contributed by atoms with E-state index in [1.165, 1.54) is 60.4 Å². The van der Waals surface area contributed by atoms with E-state index < -0.39 is 0 Å². The Labute approximate surface area is 260 Å². The van der Waals surface area contributed by atoms with Gasteiger partial charge in [-0.25, -0.2) is 4.99 Å². The van der Waals surface area contributed by atoms with Crippen LogP contribution in [0.1, 0.15) is 46.6 Å². The molecule has 3 nitrogen and oxygen atoms in total. The van der Waals surface area contributed by atoms with E-state index in [4.69, 9.17) is 9.98 Å². The van der Waals surface area contributed by atoms with Gasteiger partial charge in [0.05, 0.1) is 23.1 Å². The first-order valence-electron chi connectivity index (χ1n) is 15.4. The highest BCUT2D eigenvalue weighted by molar-refractivity contribution is 6.25. The van der Waals surface area contributed by atoms with Gasteiger partial charge in [0.2, 0.25) is 0 Å². The highest BCUT2D eigenvalue weighted by Gasteiger charge is 2.20. The molecule has 0 amide bonds. The number of fused-ring (bicyclic) bond motifs is 6. The van der Waals surface area contributed by atoms with Gasteiger partial charge in [-0.15, -0.1) is 0 Å². The third kappa shape index (κ3) is 5.42. The summed E-state index contributed by atoms with van der Waals surface area (Å²) in [7, 11) is 0. The van der Waals surface area contributed by atoms with Gasteiger partial charge in [-0.05, 0) is 87.1 Å². The first kappa shape index (κ1) is 29.1. The molecule has 5 aromatic rings. The van der Waals surface area contributed by atoms with Gasteiger partial charge in [0.1, 0.15) is 0 Å². The predicted molar refractivity (Wildman–Crippen MR) is 193 cm³/mol. The van der Waals surface area contributed by atoms with E-state index in [1.807, 2.05) is 50.3 Å². The van der Waals surface area contributed by atoms with Crippen LogP contribution in [0.25, 0.3) is 43.7 Å². The van der Waals surface area contributed by atoms with Gasteiger partial charge in [0, 0.05) is 27.3 Å². The van der Waals surface area contributed by atoms with Crippen molar-refractivity contribution in [1.29, 1.82) is 0 Å². The van der Waals surface area contributed by atoms with Gasteiger partial charge >= 0.3 is 0 Å². The fourth-order valence-electron chi connectivity index (χ4n) is 6.16. The summed E-state index contributed by atoms with van der Waals surface area (Å²) in [5, 5.41) is 5.15. The molecule has 218 valence electrons. The SMILES string of the molecule is C\C=C/C=C\C=C\C(C)=NC(=NCC1=CCC=CC=C1C)/C(C)=C(/C)c1cccc2c1c1cccc3c4ccccc4n2c31. The topological polar surface area (TPSA) is 29.1 Å². The van der Waals surface area contributed by atoms with Crippen LogP contribution in [0.2, 0.25) is 0 Å². The van der Waals surface area contributed by atoms with Crippen LogP contribution < -0.4 is 0 Å². The summed E-state index contributed by atoms with van der Waals surface area (Å²) in [6.07, 6.45) is 21.8. The number of hydrogen-bond donors (Lipinski definition) is 0. The molecule has 0 saturated heterocycles. The van der Waals surface area contributed by atoms with Crippen LogP contribution in [0.5, 0.6) is 0 Å². The lowest BCUT2D eigenvalue weighted by Crippen LogP contribution is -2.05. The molecule has 6 rings (SSSR count). The quantitative estimate of drug-likeness (QED) is 0.105. The van der Waals surface area contributed by atoms with E-state index in [9.17, 15) is 0 Å². The number of allylic oxidation sites excluding steroid dienone is 11. The zero-order valence-electron chi connectivity index (χ0n) is 26.3. The van der Waals surface area contributed by atoms with Crippen LogP contribution >= 0.6 is 0 Å². The Kier molecular flexibility index (Phi) is 8.38. The molecule has 0 bridgehead atoms. The normalized spacial score (nSPS) is 15.9. The minimum Gasteiger partial charge on any atom is -0.308 e. The summed E-state index contributed by atoms with van der Waals surface area (Å²) < 4.78 is 2.44. The molecule has 0 spiro atoms. The number of aromatic nitrogens is 1. The lowest BCUT2D eigenvalue weighted by molar-refractivity contribution is 1.11. The third-order valence-corrected chi connectivity index (χ3v) is 8.58. The Bertz CT molecular complexity index is 2150. The van der Waals surface area contributed by atoms with Gasteiger partial charge in [0.15, 0.2) is 5.84 Å². The summed E-state index contributed by atoms with van der Waals surface area (Å²) in [6, 6.07) is 22.1. The zero-order valence-corrected chi connectivity index (χ0v) is 26.3. The summed E-state index contributed by atoms with van der Waals surface area (Å²) in [5.74, 6) is 0.770. The monoisotopic (exact) mass is 573 g/mol. The maximum absolute atomic E-state index is 5.15. The van der Waals surface area contributed by atoms with E-state index in [2.05, 4.69) is 110 Å². The molecule has 2 heterocycles. The average molecular weight is 574 g/mol. The molecule has 0 N–H and O–H groups in total. The molecule has 0 atom stereocenters. The molecular weight excluding hydrogens is 534 g/mol. The fraction of sp³-hybridized carbons (Fsp3) is 0.171. The Morgan fingerprint density at radius 1 is 0.841 bits per heavy atom. The van der Waals surface area contributed by atoms with Gasteiger partial charge in [-0.2, -0.15) is 0 Å². The number of para-hydroxylation sites is 2. The highest BCUT2D eigenvalue weighted by Crippen LogP contribution is 2.41. The maximum Gasteiger partial charge on any atom is 0.151 e. The first-order chi connectivity index (χ1) is 21.5. The summed E-state index contributed by atoms with van der Waals surface area (Å²) in [5.41, 5.74) is 10.7. The van der Waals surface area contributed by atoms with Crippen molar-refractivity contribution in [3.63, 3.8) is 0 Å². The Morgan fingerprint density at radius 3 is 2.45 bits per heavy atom. The van der Waals surface area contributed by atoms with Gasteiger partial charge in [-0.1, -0.05) is 103 Å². The fourth-order valence-corrected chi connectivity index (χ4v) is 6.16. The zero-order chi connectivity index (χ0) is 30.6. The largest absolute Gasteiger partial charge is 0.308 e. The molecule has 44 heavy (non-hydrogen) atoms. The smallest absolute Gasteiger partial charge is 0.151 e. The molecule has 1 aliphatic rings. The molecule has 0 unspecified atom stereocenters. The minimum absolute atomic E-state index is 0.593. The molecule has 3 aromatic carbocycles. The number of amidine groups is 1. The van der Waals surface area contributed by atoms with E-state index >= 15 is 0 Å². The van der Waals surface area contributed by atoms with E-state index in [1.54, 1.807) is 0 Å². The van der Waals surface area contributed by atoms with Crippen molar-refractivity contribution in [3.05, 3.63) is 144 Å². The molecule has 0 radical (unpaired) electrons. The first-order valence-corrected chi connectivity index (χ1v) is 15.4. The standard InChI is InChI=1S/C41H39N3/c1-6-7-8-9-12-19-29(3)43-41(42-27-32-20-13-10-11-18-28(32)2)31(5)30(4)33-22-17-26-38-39(33)36-24-16-23-35-34-21-14-15-25-37(34)44(38)40(35)36/h6-12,14-26H,13,27H2,1-5H3/b7-6-,9-8-,19-12+,31-30-,42-41?,43-29?. The lowest BCUT2D eigenvalue weighted by Gasteiger charge is -2.12. The Morgan fingerprint density at radius 2 is 1.59 bits per heavy atom. The summed E-state index contributed by atoms with van der Waals surface area (Å²) in [6.45, 7) is 11.2. The molecule has 1 aliphatic carbocycles. The number of hydrogen-bond acceptors (Lipinski definition) is 1. The van der Waals surface area contributed by atoms with Crippen LogP contribution in [-0.2, 0) is 0 Å². The average Bonchev–Trinajstić information content (AvgIpc) is 3.48. The Hall–Kier alpha value is -5.02. The maximum atomic E-state index is 5.15.